The van der Waals surface area contributed by atoms with Crippen molar-refractivity contribution < 1.29 is 0 Å². The van der Waals surface area contributed by atoms with Crippen molar-refractivity contribution in [1.29, 1.82) is 0 Å². The Morgan fingerprint density at radius 1 is 1.00 bits per heavy atom. The zero-order chi connectivity index (χ0) is 21.3. The predicted octanol–water partition coefficient (Wildman–Crippen LogP) is 3.90. The number of aromatic nitrogens is 4. The van der Waals surface area contributed by atoms with Gasteiger partial charge in [-0.25, -0.2) is 9.78 Å². The third-order valence-corrected chi connectivity index (χ3v) is 5.58. The van der Waals surface area contributed by atoms with E-state index >= 15 is 0 Å². The number of fused-ring (bicyclic) bond motifs is 2. The highest BCUT2D eigenvalue weighted by molar-refractivity contribution is 5.80. The molecule has 0 unspecified atom stereocenters. The molecule has 0 bridgehead atoms. The summed E-state index contributed by atoms with van der Waals surface area (Å²) in [6, 6.07) is 14.8. The van der Waals surface area contributed by atoms with Gasteiger partial charge in [-0.3, -0.25) is 9.78 Å². The van der Waals surface area contributed by atoms with E-state index in [0.717, 1.165) is 35.9 Å². The second kappa shape index (κ2) is 8.22. The summed E-state index contributed by atoms with van der Waals surface area (Å²) in [6.07, 6.45) is 2.79. The average Bonchev–Trinajstić information content (AvgIpc) is 2.74. The summed E-state index contributed by atoms with van der Waals surface area (Å²) in [6.45, 7) is 7.03. The molecule has 0 aliphatic carbocycles. The minimum Gasteiger partial charge on any atom is -0.322 e. The molecule has 0 radical (unpaired) electrons. The standard InChI is InChI=1S/C24H26N4O2/c1-4-16-7-9-17(10-8-16)6-5-13-28-20-12-11-18(15(2)3)14-19(20)25-21-22(28)26-24(30)27-23(21)29/h7-12,14-15H,4-6,13H2,1-3H3,(H,27,29,30). The zero-order valence-corrected chi connectivity index (χ0v) is 17.6. The topological polar surface area (TPSA) is 80.6 Å². The van der Waals surface area contributed by atoms with Gasteiger partial charge < -0.3 is 4.57 Å². The van der Waals surface area contributed by atoms with Crippen LogP contribution in [0.5, 0.6) is 0 Å². The van der Waals surface area contributed by atoms with Crippen LogP contribution in [-0.2, 0) is 19.4 Å². The molecule has 0 atom stereocenters. The first-order chi connectivity index (χ1) is 14.5. The van der Waals surface area contributed by atoms with Crippen LogP contribution in [0.3, 0.4) is 0 Å². The number of aromatic amines is 1. The molecular formula is C24H26N4O2. The summed E-state index contributed by atoms with van der Waals surface area (Å²) in [5.41, 5.74) is 4.44. The van der Waals surface area contributed by atoms with E-state index in [1.165, 1.54) is 11.1 Å². The number of hydrogen-bond donors (Lipinski definition) is 1. The Balaban J connectivity index is 1.74. The smallest absolute Gasteiger partial charge is 0.322 e. The van der Waals surface area contributed by atoms with E-state index in [2.05, 4.69) is 66.1 Å². The van der Waals surface area contributed by atoms with Crippen molar-refractivity contribution in [2.45, 2.75) is 52.5 Å². The van der Waals surface area contributed by atoms with Gasteiger partial charge >= 0.3 is 5.69 Å². The molecule has 154 valence electrons. The van der Waals surface area contributed by atoms with E-state index < -0.39 is 11.2 Å². The van der Waals surface area contributed by atoms with Crippen LogP contribution >= 0.6 is 0 Å². The Hall–Kier alpha value is -3.28. The molecule has 0 amide bonds. The van der Waals surface area contributed by atoms with Crippen LogP contribution in [0.25, 0.3) is 22.6 Å². The number of nitrogens with zero attached hydrogens (tertiary/aromatic N) is 3. The molecular weight excluding hydrogens is 376 g/mol. The summed E-state index contributed by atoms with van der Waals surface area (Å²) in [5, 5.41) is 0. The first-order valence-electron chi connectivity index (χ1n) is 10.5. The van der Waals surface area contributed by atoms with Gasteiger partial charge in [0.15, 0.2) is 11.5 Å². The van der Waals surface area contributed by atoms with Crippen LogP contribution in [0.2, 0.25) is 0 Å². The predicted molar refractivity (Wildman–Crippen MR) is 119 cm³/mol. The van der Waals surface area contributed by atoms with Crippen LogP contribution in [0.4, 0.5) is 0 Å². The fraction of sp³-hybridized carbons (Fsp3) is 0.333. The lowest BCUT2D eigenvalue weighted by Crippen LogP contribution is -2.29. The van der Waals surface area contributed by atoms with Crippen molar-refractivity contribution in [1.82, 2.24) is 19.5 Å². The van der Waals surface area contributed by atoms with Crippen LogP contribution < -0.4 is 11.2 Å². The molecule has 0 spiro atoms. The van der Waals surface area contributed by atoms with Crippen molar-refractivity contribution >= 4 is 11.0 Å². The third kappa shape index (κ3) is 3.90. The summed E-state index contributed by atoms with van der Waals surface area (Å²) >= 11 is 0. The first kappa shape index (κ1) is 20.0. The van der Waals surface area contributed by atoms with Gasteiger partial charge in [0.25, 0.3) is 5.56 Å². The van der Waals surface area contributed by atoms with Crippen LogP contribution in [0, 0.1) is 0 Å². The Labute approximate surface area is 175 Å². The van der Waals surface area contributed by atoms with E-state index in [0.29, 0.717) is 18.3 Å². The number of aryl methyl sites for hydroxylation is 3. The van der Waals surface area contributed by atoms with Crippen molar-refractivity contribution in [3.63, 3.8) is 0 Å². The van der Waals surface area contributed by atoms with Crippen molar-refractivity contribution in [3.8, 4) is 11.5 Å². The summed E-state index contributed by atoms with van der Waals surface area (Å²) in [5.74, 6) is 0.696. The number of nitrogens with one attached hydrogen (secondary N) is 1. The summed E-state index contributed by atoms with van der Waals surface area (Å²) < 4.78 is 1.96. The maximum atomic E-state index is 12.4. The number of hydrogen-bond acceptors (Lipinski definition) is 4. The van der Waals surface area contributed by atoms with E-state index in [4.69, 9.17) is 0 Å². The molecule has 6 heteroatoms. The first-order valence-corrected chi connectivity index (χ1v) is 10.5. The van der Waals surface area contributed by atoms with Gasteiger partial charge in [0.1, 0.15) is 0 Å². The molecule has 2 aromatic carbocycles. The highest BCUT2D eigenvalue weighted by atomic mass is 16.2. The molecule has 2 aliphatic heterocycles. The maximum absolute atomic E-state index is 12.4. The van der Waals surface area contributed by atoms with Gasteiger partial charge in [-0.15, -0.1) is 0 Å². The molecule has 30 heavy (non-hydrogen) atoms. The van der Waals surface area contributed by atoms with Crippen LogP contribution in [0.15, 0.2) is 52.1 Å². The van der Waals surface area contributed by atoms with E-state index in [1.807, 2.05) is 16.7 Å². The third-order valence-electron chi connectivity index (χ3n) is 5.58. The van der Waals surface area contributed by atoms with Crippen LogP contribution in [-0.4, -0.2) is 19.5 Å². The van der Waals surface area contributed by atoms with Gasteiger partial charge in [0.05, 0.1) is 11.0 Å². The second-order valence-corrected chi connectivity index (χ2v) is 7.98. The average molecular weight is 402 g/mol. The molecule has 2 aromatic rings. The van der Waals surface area contributed by atoms with E-state index in [-0.39, 0.29) is 5.69 Å². The van der Waals surface area contributed by atoms with Crippen LogP contribution in [0.1, 0.15) is 49.8 Å². The zero-order valence-electron chi connectivity index (χ0n) is 17.6. The fourth-order valence-corrected chi connectivity index (χ4v) is 3.79. The highest BCUT2D eigenvalue weighted by Gasteiger charge is 2.19. The lowest BCUT2D eigenvalue weighted by atomic mass is 10.0. The van der Waals surface area contributed by atoms with Gasteiger partial charge in [-0.05, 0) is 54.0 Å². The van der Waals surface area contributed by atoms with Gasteiger partial charge in [-0.2, -0.15) is 4.98 Å². The van der Waals surface area contributed by atoms with Crippen molar-refractivity contribution in [3.05, 3.63) is 80.0 Å². The minimum atomic E-state index is -0.642. The molecule has 0 aromatic heterocycles. The molecule has 0 saturated carbocycles. The second-order valence-electron chi connectivity index (χ2n) is 7.98. The number of benzene rings is 2. The van der Waals surface area contributed by atoms with E-state index in [9.17, 15) is 9.59 Å². The Morgan fingerprint density at radius 3 is 2.43 bits per heavy atom. The minimum absolute atomic E-state index is 0.204. The van der Waals surface area contributed by atoms with Gasteiger partial charge in [-0.1, -0.05) is 51.1 Å². The summed E-state index contributed by atoms with van der Waals surface area (Å²) in [7, 11) is 0. The largest absolute Gasteiger partial charge is 0.349 e. The van der Waals surface area contributed by atoms with Crippen molar-refractivity contribution in [2.24, 2.45) is 0 Å². The molecule has 0 saturated heterocycles. The van der Waals surface area contributed by atoms with E-state index in [1.54, 1.807) is 0 Å². The lowest BCUT2D eigenvalue weighted by molar-refractivity contribution is 0.648. The molecule has 0 fully saturated rings. The van der Waals surface area contributed by atoms with Crippen molar-refractivity contribution in [2.75, 3.05) is 0 Å². The molecule has 6 nitrogen and oxygen atoms in total. The molecule has 1 N–H and O–H groups in total. The Morgan fingerprint density at radius 2 is 1.73 bits per heavy atom. The SMILES string of the molecule is CCc1ccc(CCCn2c3nc(=O)[nH]c(=O)c-3nc3cc(C(C)C)ccc32)cc1. The molecule has 2 heterocycles. The fourth-order valence-electron chi connectivity index (χ4n) is 3.79. The Kier molecular flexibility index (Phi) is 5.48. The number of rotatable bonds is 6. The normalized spacial score (nSPS) is 11.6. The quantitative estimate of drug-likeness (QED) is 0.496. The molecule has 4 rings (SSSR count). The van der Waals surface area contributed by atoms with Gasteiger partial charge in [0.2, 0.25) is 0 Å². The maximum Gasteiger partial charge on any atom is 0.349 e. The lowest BCUT2D eigenvalue weighted by Gasteiger charge is -2.17. The summed E-state index contributed by atoms with van der Waals surface area (Å²) in [4.78, 5) is 35.1. The highest BCUT2D eigenvalue weighted by Crippen LogP contribution is 2.25. The number of H-pyrrole nitrogens is 1. The monoisotopic (exact) mass is 402 g/mol. The Bertz CT molecular complexity index is 1270. The molecule has 2 aliphatic rings. The van der Waals surface area contributed by atoms with Gasteiger partial charge in [0, 0.05) is 6.54 Å².